The monoisotopic (exact) mass is 399 g/mol. The number of anilines is 1. The number of amides is 2. The number of benzene rings is 1. The number of carbonyl (C=O) groups excluding carboxylic acids is 2. The molecular weight excluding hydrogens is 374 g/mol. The molecule has 28 heavy (non-hydrogen) atoms. The highest BCUT2D eigenvalue weighted by Gasteiger charge is 2.27. The number of carbonyl (C=O) groups is 2. The van der Waals surface area contributed by atoms with Gasteiger partial charge in [0.05, 0.1) is 17.4 Å². The van der Waals surface area contributed by atoms with E-state index in [1.54, 1.807) is 11.1 Å². The van der Waals surface area contributed by atoms with Crippen LogP contribution < -0.4 is 10.2 Å². The van der Waals surface area contributed by atoms with E-state index in [1.807, 2.05) is 50.2 Å². The van der Waals surface area contributed by atoms with Crippen LogP contribution in [0.4, 0.5) is 5.69 Å². The van der Waals surface area contributed by atoms with Crippen molar-refractivity contribution in [3.05, 3.63) is 48.2 Å². The van der Waals surface area contributed by atoms with Crippen LogP contribution in [-0.2, 0) is 9.53 Å². The van der Waals surface area contributed by atoms with Crippen LogP contribution in [0.25, 0.3) is 0 Å². The first-order valence-electron chi connectivity index (χ1n) is 9.48. The standard InChI is InChI=1S/C21H25N3O3S/c1-15(2)27-14-6-12-22-19(25)10-13-24-17-8-5-11-23-20(17)28-18-9-4-3-7-16(18)21(24)26/h3-5,7-9,11,15H,6,10,12-14H2,1-2H3,(H,22,25). The van der Waals surface area contributed by atoms with E-state index in [-0.39, 0.29) is 24.3 Å². The number of hydrogen-bond acceptors (Lipinski definition) is 5. The average molecular weight is 400 g/mol. The number of nitrogens with one attached hydrogen (secondary N) is 1. The average Bonchev–Trinajstić information content (AvgIpc) is 2.80. The maximum Gasteiger partial charge on any atom is 0.259 e. The van der Waals surface area contributed by atoms with Crippen molar-refractivity contribution in [2.75, 3.05) is 24.6 Å². The summed E-state index contributed by atoms with van der Waals surface area (Å²) in [4.78, 5) is 32.3. The van der Waals surface area contributed by atoms with Crippen molar-refractivity contribution in [1.29, 1.82) is 0 Å². The second kappa shape index (κ2) is 9.71. The molecule has 1 N–H and O–H groups in total. The third kappa shape index (κ3) is 5.11. The second-order valence-electron chi connectivity index (χ2n) is 6.76. The lowest BCUT2D eigenvalue weighted by Gasteiger charge is -2.22. The molecule has 1 aromatic carbocycles. The summed E-state index contributed by atoms with van der Waals surface area (Å²) in [6.45, 7) is 5.46. The van der Waals surface area contributed by atoms with Gasteiger partial charge in [-0.25, -0.2) is 4.98 Å². The molecule has 0 unspecified atom stereocenters. The zero-order valence-corrected chi connectivity index (χ0v) is 17.0. The van der Waals surface area contributed by atoms with Crippen LogP contribution >= 0.6 is 11.8 Å². The molecule has 6 nitrogen and oxygen atoms in total. The summed E-state index contributed by atoms with van der Waals surface area (Å²) < 4.78 is 5.47. The van der Waals surface area contributed by atoms with Crippen LogP contribution in [-0.4, -0.2) is 42.6 Å². The number of ether oxygens (including phenoxy) is 1. The van der Waals surface area contributed by atoms with E-state index in [9.17, 15) is 9.59 Å². The molecule has 0 atom stereocenters. The van der Waals surface area contributed by atoms with Gasteiger partial charge in [-0.05, 0) is 44.5 Å². The van der Waals surface area contributed by atoms with Crippen molar-refractivity contribution in [3.63, 3.8) is 0 Å². The van der Waals surface area contributed by atoms with E-state index in [1.165, 1.54) is 11.8 Å². The van der Waals surface area contributed by atoms with E-state index < -0.39 is 0 Å². The largest absolute Gasteiger partial charge is 0.379 e. The quantitative estimate of drug-likeness (QED) is 0.688. The molecule has 1 aliphatic heterocycles. The van der Waals surface area contributed by atoms with Gasteiger partial charge in [-0.2, -0.15) is 0 Å². The van der Waals surface area contributed by atoms with Crippen LogP contribution in [0.5, 0.6) is 0 Å². The first kappa shape index (κ1) is 20.4. The third-order valence-electron chi connectivity index (χ3n) is 4.27. The molecule has 148 valence electrons. The Labute approximate surface area is 169 Å². The Balaban J connectivity index is 1.64. The fourth-order valence-electron chi connectivity index (χ4n) is 2.90. The van der Waals surface area contributed by atoms with Crippen molar-refractivity contribution in [1.82, 2.24) is 10.3 Å². The maximum atomic E-state index is 13.1. The highest BCUT2D eigenvalue weighted by atomic mass is 32.2. The van der Waals surface area contributed by atoms with E-state index in [4.69, 9.17) is 4.74 Å². The molecule has 0 bridgehead atoms. The van der Waals surface area contributed by atoms with Crippen molar-refractivity contribution in [2.45, 2.75) is 42.7 Å². The lowest BCUT2D eigenvalue weighted by molar-refractivity contribution is -0.120. The summed E-state index contributed by atoms with van der Waals surface area (Å²) in [5, 5.41) is 3.66. The van der Waals surface area contributed by atoms with Crippen molar-refractivity contribution in [2.24, 2.45) is 0 Å². The molecule has 1 aromatic heterocycles. The minimum absolute atomic E-state index is 0.0760. The minimum Gasteiger partial charge on any atom is -0.379 e. The van der Waals surface area contributed by atoms with Gasteiger partial charge >= 0.3 is 0 Å². The molecule has 7 heteroatoms. The van der Waals surface area contributed by atoms with Gasteiger partial charge in [-0.15, -0.1) is 0 Å². The van der Waals surface area contributed by atoms with Crippen LogP contribution in [0.1, 0.15) is 37.0 Å². The summed E-state index contributed by atoms with van der Waals surface area (Å²) >= 11 is 1.48. The molecule has 0 saturated heterocycles. The molecule has 0 radical (unpaired) electrons. The fourth-order valence-corrected chi connectivity index (χ4v) is 3.92. The summed E-state index contributed by atoms with van der Waals surface area (Å²) in [7, 11) is 0. The number of hydrogen-bond donors (Lipinski definition) is 1. The molecule has 0 saturated carbocycles. The maximum absolute atomic E-state index is 13.1. The zero-order chi connectivity index (χ0) is 19.9. The van der Waals surface area contributed by atoms with Gasteiger partial charge in [0.15, 0.2) is 0 Å². The number of nitrogens with zero attached hydrogens (tertiary/aromatic N) is 2. The number of fused-ring (bicyclic) bond motifs is 2. The van der Waals surface area contributed by atoms with Crippen LogP contribution in [0.2, 0.25) is 0 Å². The summed E-state index contributed by atoms with van der Waals surface area (Å²) in [5.41, 5.74) is 1.38. The smallest absolute Gasteiger partial charge is 0.259 e. The van der Waals surface area contributed by atoms with Crippen molar-refractivity contribution < 1.29 is 14.3 Å². The SMILES string of the molecule is CC(C)OCCCNC(=O)CCN1C(=O)c2ccccc2Sc2ncccc21. The molecule has 0 aliphatic carbocycles. The van der Waals surface area contributed by atoms with Gasteiger partial charge in [0.1, 0.15) is 5.03 Å². The summed E-state index contributed by atoms with van der Waals surface area (Å²) in [6.07, 6.45) is 2.91. The summed E-state index contributed by atoms with van der Waals surface area (Å²) in [5.74, 6) is -0.180. The van der Waals surface area contributed by atoms with Crippen molar-refractivity contribution in [3.8, 4) is 0 Å². The molecule has 2 amide bonds. The molecule has 0 spiro atoms. The second-order valence-corrected chi connectivity index (χ2v) is 7.79. The number of rotatable bonds is 8. The van der Waals surface area contributed by atoms with Crippen molar-refractivity contribution >= 4 is 29.3 Å². The summed E-state index contributed by atoms with van der Waals surface area (Å²) in [6, 6.07) is 11.2. The van der Waals surface area contributed by atoms with Gasteiger partial charge in [-0.3, -0.25) is 9.59 Å². The predicted molar refractivity (Wildman–Crippen MR) is 110 cm³/mol. The van der Waals surface area contributed by atoms with E-state index in [0.717, 1.165) is 22.0 Å². The number of aromatic nitrogens is 1. The van der Waals surface area contributed by atoms with Gasteiger partial charge < -0.3 is 15.0 Å². The Kier molecular flexibility index (Phi) is 7.06. The lowest BCUT2D eigenvalue weighted by Crippen LogP contribution is -2.35. The zero-order valence-electron chi connectivity index (χ0n) is 16.2. The molecule has 2 heterocycles. The molecule has 1 aliphatic rings. The van der Waals surface area contributed by atoms with Gasteiger partial charge in [0.25, 0.3) is 5.91 Å². The molecular formula is C21H25N3O3S. The normalized spacial score (nSPS) is 13.1. The minimum atomic E-state index is -0.104. The highest BCUT2D eigenvalue weighted by molar-refractivity contribution is 7.99. The Bertz CT molecular complexity index is 841. The van der Waals surface area contributed by atoms with E-state index in [2.05, 4.69) is 10.3 Å². The van der Waals surface area contributed by atoms with E-state index in [0.29, 0.717) is 25.3 Å². The Morgan fingerprint density at radius 1 is 1.25 bits per heavy atom. The lowest BCUT2D eigenvalue weighted by atomic mass is 10.1. The molecule has 0 fully saturated rings. The van der Waals surface area contributed by atoms with Crippen LogP contribution in [0, 0.1) is 0 Å². The first-order chi connectivity index (χ1) is 13.6. The fraction of sp³-hybridized carbons (Fsp3) is 0.381. The Hall–Kier alpha value is -2.38. The predicted octanol–water partition coefficient (Wildman–Crippen LogP) is 3.51. The molecule has 3 rings (SSSR count). The van der Waals surface area contributed by atoms with Gasteiger partial charge in [-0.1, -0.05) is 23.9 Å². The third-order valence-corrected chi connectivity index (χ3v) is 5.35. The van der Waals surface area contributed by atoms with Crippen LogP contribution in [0.3, 0.4) is 0 Å². The van der Waals surface area contributed by atoms with Gasteiger partial charge in [0, 0.05) is 37.2 Å². The topological polar surface area (TPSA) is 71.5 Å². The van der Waals surface area contributed by atoms with Crippen LogP contribution in [0.15, 0.2) is 52.5 Å². The highest BCUT2D eigenvalue weighted by Crippen LogP contribution is 2.39. The Morgan fingerprint density at radius 2 is 2.07 bits per heavy atom. The first-order valence-corrected chi connectivity index (χ1v) is 10.3. The van der Waals surface area contributed by atoms with E-state index >= 15 is 0 Å². The number of pyridine rings is 1. The Morgan fingerprint density at radius 3 is 2.89 bits per heavy atom. The van der Waals surface area contributed by atoms with Gasteiger partial charge in [0.2, 0.25) is 5.91 Å². The molecule has 2 aromatic rings.